The van der Waals surface area contributed by atoms with Crippen LogP contribution in [0.3, 0.4) is 0 Å². The maximum absolute atomic E-state index is 14.0. The summed E-state index contributed by atoms with van der Waals surface area (Å²) in [4.78, 5) is 2.32. The first-order valence-corrected chi connectivity index (χ1v) is 20.0. The van der Waals surface area contributed by atoms with Crippen LogP contribution in [0.15, 0.2) is 237 Å². The van der Waals surface area contributed by atoms with E-state index in [1.54, 1.807) is 0 Å². The molecule has 0 saturated heterocycles. The largest absolute Gasteiger partial charge is 0.310 e. The van der Waals surface area contributed by atoms with Crippen molar-refractivity contribution in [3.05, 3.63) is 265 Å². The lowest BCUT2D eigenvalue weighted by Gasteiger charge is -2.26. The van der Waals surface area contributed by atoms with Gasteiger partial charge >= 0.3 is 0 Å². The molecule has 0 radical (unpaired) electrons. The molecule has 59 heavy (non-hydrogen) atoms. The van der Waals surface area contributed by atoms with Gasteiger partial charge in [-0.25, -0.2) is 4.39 Å². The van der Waals surface area contributed by atoms with E-state index in [0.29, 0.717) is 0 Å². The Morgan fingerprint density at radius 1 is 0.339 bits per heavy atom. The molecule has 9 aromatic carbocycles. The SMILES string of the molecule is Fc1ccc(-n2c3ccccc3c3cc(N(c4ccccc4)c4cccc(-c5ccc(C(=C(c6ccccc6)c6ccccc6)c6ccccc6)cc5)c4)ccc32)cc1. The molecule has 0 saturated carbocycles. The van der Waals surface area contributed by atoms with Gasteiger partial charge in [0.1, 0.15) is 5.82 Å². The number of hydrogen-bond donors (Lipinski definition) is 0. The van der Waals surface area contributed by atoms with E-state index in [2.05, 4.69) is 222 Å². The van der Waals surface area contributed by atoms with E-state index in [1.807, 2.05) is 12.1 Å². The van der Waals surface area contributed by atoms with Crippen molar-refractivity contribution in [1.82, 2.24) is 4.57 Å². The number of fused-ring (bicyclic) bond motifs is 3. The highest BCUT2D eigenvalue weighted by molar-refractivity contribution is 6.11. The Kier molecular flexibility index (Phi) is 9.46. The number of aromatic nitrogens is 1. The quantitative estimate of drug-likeness (QED) is 0.133. The van der Waals surface area contributed by atoms with Gasteiger partial charge in [-0.05, 0) is 117 Å². The molecule has 280 valence electrons. The molecule has 3 heteroatoms. The van der Waals surface area contributed by atoms with Gasteiger partial charge in [-0.15, -0.1) is 0 Å². The normalized spacial score (nSPS) is 11.1. The molecule has 0 amide bonds. The lowest BCUT2D eigenvalue weighted by atomic mass is 9.85. The molecule has 0 atom stereocenters. The molecule has 0 unspecified atom stereocenters. The van der Waals surface area contributed by atoms with Crippen molar-refractivity contribution in [2.75, 3.05) is 4.90 Å². The summed E-state index contributed by atoms with van der Waals surface area (Å²) in [7, 11) is 0. The van der Waals surface area contributed by atoms with Crippen LogP contribution in [0.25, 0.3) is 49.8 Å². The summed E-state index contributed by atoms with van der Waals surface area (Å²) in [5, 5.41) is 2.27. The summed E-state index contributed by atoms with van der Waals surface area (Å²) in [6.07, 6.45) is 0. The zero-order valence-corrected chi connectivity index (χ0v) is 32.3. The third-order valence-corrected chi connectivity index (χ3v) is 11.1. The number of anilines is 3. The van der Waals surface area contributed by atoms with Crippen molar-refractivity contribution in [1.29, 1.82) is 0 Å². The zero-order chi connectivity index (χ0) is 39.5. The predicted octanol–water partition coefficient (Wildman–Crippen LogP) is 15.1. The molecular weight excluding hydrogens is 720 g/mol. The molecule has 0 aliphatic carbocycles. The second-order valence-corrected chi connectivity index (χ2v) is 14.7. The van der Waals surface area contributed by atoms with Crippen LogP contribution in [0.1, 0.15) is 22.3 Å². The number of hydrogen-bond acceptors (Lipinski definition) is 1. The molecule has 2 nitrogen and oxygen atoms in total. The first-order chi connectivity index (χ1) is 29.2. The van der Waals surface area contributed by atoms with Gasteiger partial charge < -0.3 is 9.47 Å². The second-order valence-electron chi connectivity index (χ2n) is 14.7. The van der Waals surface area contributed by atoms with Gasteiger partial charge in [0.25, 0.3) is 0 Å². The summed E-state index contributed by atoms with van der Waals surface area (Å²) in [6.45, 7) is 0. The molecule has 0 aliphatic rings. The third kappa shape index (κ3) is 6.90. The van der Waals surface area contributed by atoms with Crippen LogP contribution >= 0.6 is 0 Å². The van der Waals surface area contributed by atoms with Gasteiger partial charge in [-0.1, -0.05) is 164 Å². The van der Waals surface area contributed by atoms with E-state index in [1.165, 1.54) is 40.0 Å². The van der Waals surface area contributed by atoms with E-state index in [0.717, 1.165) is 61.2 Å². The molecule has 1 heterocycles. The number of rotatable bonds is 9. The van der Waals surface area contributed by atoms with Crippen LogP contribution in [0.4, 0.5) is 21.5 Å². The van der Waals surface area contributed by atoms with Gasteiger partial charge in [0, 0.05) is 33.5 Å². The van der Waals surface area contributed by atoms with Crippen molar-refractivity contribution in [3.8, 4) is 16.8 Å². The second kappa shape index (κ2) is 15.7. The topological polar surface area (TPSA) is 8.17 Å². The Morgan fingerprint density at radius 2 is 0.831 bits per heavy atom. The van der Waals surface area contributed by atoms with Gasteiger partial charge in [0.05, 0.1) is 11.0 Å². The summed E-state index contributed by atoms with van der Waals surface area (Å²) >= 11 is 0. The zero-order valence-electron chi connectivity index (χ0n) is 32.3. The minimum atomic E-state index is -0.248. The van der Waals surface area contributed by atoms with Gasteiger partial charge in [-0.3, -0.25) is 0 Å². The average molecular weight is 759 g/mol. The first-order valence-electron chi connectivity index (χ1n) is 20.0. The Bertz CT molecular complexity index is 3020. The van der Waals surface area contributed by atoms with E-state index in [9.17, 15) is 4.39 Å². The molecule has 0 N–H and O–H groups in total. The third-order valence-electron chi connectivity index (χ3n) is 11.1. The van der Waals surface area contributed by atoms with Gasteiger partial charge in [-0.2, -0.15) is 0 Å². The Labute approximate surface area is 344 Å². The smallest absolute Gasteiger partial charge is 0.123 e. The number of halogens is 1. The highest BCUT2D eigenvalue weighted by Gasteiger charge is 2.19. The maximum atomic E-state index is 14.0. The van der Waals surface area contributed by atoms with Crippen molar-refractivity contribution in [2.24, 2.45) is 0 Å². The van der Waals surface area contributed by atoms with E-state index in [-0.39, 0.29) is 5.82 Å². The first kappa shape index (κ1) is 35.6. The lowest BCUT2D eigenvalue weighted by Crippen LogP contribution is -2.10. The molecule has 0 aliphatic heterocycles. The molecule has 0 bridgehead atoms. The summed E-state index contributed by atoms with van der Waals surface area (Å²) in [5.41, 5.74) is 15.5. The molecule has 0 fully saturated rings. The predicted molar refractivity (Wildman–Crippen MR) is 245 cm³/mol. The Morgan fingerprint density at radius 3 is 1.44 bits per heavy atom. The minimum Gasteiger partial charge on any atom is -0.310 e. The highest BCUT2D eigenvalue weighted by atomic mass is 19.1. The van der Waals surface area contributed by atoms with Crippen molar-refractivity contribution < 1.29 is 4.39 Å². The van der Waals surface area contributed by atoms with Crippen LogP contribution < -0.4 is 4.90 Å². The van der Waals surface area contributed by atoms with Gasteiger partial charge in [0.2, 0.25) is 0 Å². The van der Waals surface area contributed by atoms with Crippen LogP contribution in [-0.4, -0.2) is 4.57 Å². The van der Waals surface area contributed by atoms with Crippen molar-refractivity contribution >= 4 is 50.0 Å². The van der Waals surface area contributed by atoms with E-state index < -0.39 is 0 Å². The van der Waals surface area contributed by atoms with Gasteiger partial charge in [0.15, 0.2) is 0 Å². The fraction of sp³-hybridized carbons (Fsp3) is 0. The Hall–Kier alpha value is -7.75. The monoisotopic (exact) mass is 758 g/mol. The van der Waals surface area contributed by atoms with Crippen LogP contribution in [0, 0.1) is 5.82 Å². The van der Waals surface area contributed by atoms with Crippen molar-refractivity contribution in [2.45, 2.75) is 0 Å². The van der Waals surface area contributed by atoms with Crippen molar-refractivity contribution in [3.63, 3.8) is 0 Å². The molecule has 10 aromatic rings. The average Bonchev–Trinajstić information content (AvgIpc) is 3.64. The number of benzene rings is 9. The lowest BCUT2D eigenvalue weighted by molar-refractivity contribution is 0.627. The number of para-hydroxylation sites is 2. The molecular formula is C56H39FN2. The maximum Gasteiger partial charge on any atom is 0.123 e. The van der Waals surface area contributed by atoms with Crippen LogP contribution in [-0.2, 0) is 0 Å². The minimum absolute atomic E-state index is 0.248. The Balaban J connectivity index is 1.08. The summed E-state index contributed by atoms with van der Waals surface area (Å²) < 4.78 is 16.2. The van der Waals surface area contributed by atoms with Crippen LogP contribution in [0.2, 0.25) is 0 Å². The molecule has 1 aromatic heterocycles. The highest BCUT2D eigenvalue weighted by Crippen LogP contribution is 2.42. The van der Waals surface area contributed by atoms with E-state index in [4.69, 9.17) is 0 Å². The van der Waals surface area contributed by atoms with Crippen LogP contribution in [0.5, 0.6) is 0 Å². The van der Waals surface area contributed by atoms with E-state index >= 15 is 0 Å². The molecule has 0 spiro atoms. The summed E-state index contributed by atoms with van der Waals surface area (Å²) in [5.74, 6) is -0.248. The standard InChI is InChI=1S/C56H39FN2/c57-46-32-34-48(35-33-46)59-53-27-14-13-26-51(53)52-39-50(36-37-54(52)59)58(47-23-11-4-12-24-47)49-25-15-22-45(38-49)40-28-30-44(31-29-40)56(43-20-9-3-10-21-43)55(41-16-5-1-6-17-41)42-18-7-2-8-19-42/h1-39H. The molecule has 10 rings (SSSR count). The summed E-state index contributed by atoms with van der Waals surface area (Å²) in [6, 6.07) is 82.2. The fourth-order valence-corrected chi connectivity index (χ4v) is 8.37. The fourth-order valence-electron chi connectivity index (χ4n) is 8.37. The number of nitrogens with zero attached hydrogens (tertiary/aromatic N) is 2.